The summed E-state index contributed by atoms with van der Waals surface area (Å²) in [7, 11) is 0. The van der Waals surface area contributed by atoms with Crippen LogP contribution in [0, 0.1) is 69.2 Å². The van der Waals surface area contributed by atoms with Gasteiger partial charge >= 0.3 is 0 Å². The van der Waals surface area contributed by atoms with Crippen molar-refractivity contribution in [3.8, 4) is 11.1 Å². The van der Waals surface area contributed by atoms with E-state index in [0.717, 1.165) is 0 Å². The van der Waals surface area contributed by atoms with Crippen molar-refractivity contribution in [1.82, 2.24) is 0 Å². The molecule has 0 saturated heterocycles. The van der Waals surface area contributed by atoms with Gasteiger partial charge in [0.1, 0.15) is 0 Å². The molecule has 0 atom stereocenters. The Balaban J connectivity index is 0.000000152. The fraction of sp³-hybridized carbons (Fsp3) is 0.188. The fourth-order valence-corrected chi connectivity index (χ4v) is 10.9. The Bertz CT molecular complexity index is 3310. The molecular formula is C69H71NS. The maximum absolute atomic E-state index is 5.40. The third-order valence-corrected chi connectivity index (χ3v) is 14.7. The molecule has 0 saturated carbocycles. The molecule has 11 rings (SSSR count). The molecule has 1 aliphatic carbocycles. The third kappa shape index (κ3) is 11.8. The standard InChI is InChI=1S/C31H24.C13H14S.C9H12.C8H11N.C8H10/c1-21-17-18-27-28(19-21)31(23-11-5-3-6-12-23,24-13-7-4-8-14-24)29-20-22(2)25-15-9-10-16-26(25)30(27)29;1-4-6-11-10(3)14-12-8-5-7-9(2)13(11)12;1-7-4-5-8(2)9(3)6-7;1-7-2-4-8(6-9)5-3-7;1-7-3-5-8(2)6-4-7/h3-20H,1-2H3;4-8H,1-3H3;4-6H,1-3H3;2-5H,6,9H2,1H3;3-6H,1-2H3/b;6-4-;;;. The van der Waals surface area contributed by atoms with Gasteiger partial charge in [0.2, 0.25) is 0 Å². The van der Waals surface area contributed by atoms with E-state index < -0.39 is 0 Å². The number of aryl methyl sites for hydroxylation is 10. The molecule has 9 aromatic carbocycles. The highest BCUT2D eigenvalue weighted by Gasteiger charge is 2.46. The quantitative estimate of drug-likeness (QED) is 0.187. The molecule has 10 aromatic rings. The molecule has 1 aromatic heterocycles. The Labute approximate surface area is 429 Å². The van der Waals surface area contributed by atoms with Gasteiger partial charge in [0, 0.05) is 21.5 Å². The predicted molar refractivity (Wildman–Crippen MR) is 312 cm³/mol. The van der Waals surface area contributed by atoms with Crippen LogP contribution >= 0.6 is 11.3 Å². The highest BCUT2D eigenvalue weighted by molar-refractivity contribution is 7.19. The van der Waals surface area contributed by atoms with Crippen molar-refractivity contribution in [1.29, 1.82) is 0 Å². The molecule has 0 radical (unpaired) electrons. The molecular weight excluding hydrogens is 875 g/mol. The molecule has 2 heteroatoms. The second-order valence-corrected chi connectivity index (χ2v) is 20.4. The summed E-state index contributed by atoms with van der Waals surface area (Å²) < 4.78 is 1.40. The highest BCUT2D eigenvalue weighted by atomic mass is 32.1. The summed E-state index contributed by atoms with van der Waals surface area (Å²) in [6, 6.07) is 70.1. The molecule has 0 unspecified atom stereocenters. The second-order valence-electron chi connectivity index (χ2n) is 19.1. The lowest BCUT2D eigenvalue weighted by atomic mass is 9.67. The van der Waals surface area contributed by atoms with E-state index in [1.54, 1.807) is 0 Å². The first kappa shape index (κ1) is 51.7. The molecule has 0 fully saturated rings. The highest BCUT2D eigenvalue weighted by Crippen LogP contribution is 2.58. The van der Waals surface area contributed by atoms with Gasteiger partial charge in [-0.2, -0.15) is 0 Å². The minimum Gasteiger partial charge on any atom is -0.326 e. The van der Waals surface area contributed by atoms with Crippen molar-refractivity contribution in [2.75, 3.05) is 0 Å². The monoisotopic (exact) mass is 946 g/mol. The number of thiophene rings is 1. The molecule has 1 nitrogen and oxygen atoms in total. The third-order valence-electron chi connectivity index (χ3n) is 13.6. The first-order chi connectivity index (χ1) is 34.3. The molecule has 0 bridgehead atoms. The van der Waals surface area contributed by atoms with Crippen molar-refractivity contribution in [2.45, 2.75) is 88.1 Å². The molecule has 0 aliphatic heterocycles. The van der Waals surface area contributed by atoms with Gasteiger partial charge in [-0.3, -0.25) is 0 Å². The Hall–Kier alpha value is -7.10. The summed E-state index contributed by atoms with van der Waals surface area (Å²) in [6.07, 6.45) is 4.32. The van der Waals surface area contributed by atoms with E-state index in [2.05, 4.69) is 282 Å². The topological polar surface area (TPSA) is 26.0 Å². The zero-order valence-electron chi connectivity index (χ0n) is 43.8. The summed E-state index contributed by atoms with van der Waals surface area (Å²) in [5.41, 5.74) is 27.9. The lowest BCUT2D eigenvalue weighted by molar-refractivity contribution is 0.767. The van der Waals surface area contributed by atoms with Gasteiger partial charge in [0.05, 0.1) is 5.41 Å². The summed E-state index contributed by atoms with van der Waals surface area (Å²) in [6.45, 7) is 24.2. The van der Waals surface area contributed by atoms with Gasteiger partial charge in [-0.15, -0.1) is 11.3 Å². The average Bonchev–Trinajstić information content (AvgIpc) is 3.86. The molecule has 2 N–H and O–H groups in total. The first-order valence-corrected chi connectivity index (χ1v) is 25.8. The molecule has 71 heavy (non-hydrogen) atoms. The summed E-state index contributed by atoms with van der Waals surface area (Å²) >= 11 is 1.88. The van der Waals surface area contributed by atoms with Crippen molar-refractivity contribution < 1.29 is 0 Å². The van der Waals surface area contributed by atoms with E-state index in [1.807, 2.05) is 11.3 Å². The van der Waals surface area contributed by atoms with Crippen LogP contribution in [0.5, 0.6) is 0 Å². The van der Waals surface area contributed by atoms with Crippen molar-refractivity contribution in [2.24, 2.45) is 5.73 Å². The Kier molecular flexibility index (Phi) is 17.3. The lowest BCUT2D eigenvalue weighted by Gasteiger charge is -2.34. The minimum atomic E-state index is -0.325. The molecule has 1 aliphatic rings. The largest absolute Gasteiger partial charge is 0.326 e. The van der Waals surface area contributed by atoms with Crippen LogP contribution in [0.2, 0.25) is 0 Å². The summed E-state index contributed by atoms with van der Waals surface area (Å²) in [5, 5.41) is 4.11. The minimum absolute atomic E-state index is 0.325. The number of fused-ring (bicyclic) bond motifs is 6. The SMILES string of the molecule is C/C=C\c1c(C)sc2cccc(C)c12.Cc1ccc(C)c(C)c1.Cc1ccc(C)cc1.Cc1ccc(CN)cc1.Cc1ccc2c(c1)C(c1ccccc1)(c1ccccc1)c1cc(C)c3ccccc3c1-2. The number of benzene rings is 9. The van der Waals surface area contributed by atoms with Crippen LogP contribution in [0.1, 0.15) is 95.3 Å². The van der Waals surface area contributed by atoms with E-state index in [1.165, 1.54) is 120 Å². The van der Waals surface area contributed by atoms with Crippen molar-refractivity contribution in [3.63, 3.8) is 0 Å². The maximum atomic E-state index is 5.40. The van der Waals surface area contributed by atoms with E-state index in [9.17, 15) is 0 Å². The summed E-state index contributed by atoms with van der Waals surface area (Å²) in [4.78, 5) is 1.41. The van der Waals surface area contributed by atoms with Gasteiger partial charge in [-0.1, -0.05) is 228 Å². The van der Waals surface area contributed by atoms with Crippen LogP contribution in [0.15, 0.2) is 200 Å². The van der Waals surface area contributed by atoms with E-state index >= 15 is 0 Å². The first-order valence-electron chi connectivity index (χ1n) is 25.0. The van der Waals surface area contributed by atoms with Gasteiger partial charge in [0.25, 0.3) is 0 Å². The number of nitrogens with two attached hydrogens (primary N) is 1. The van der Waals surface area contributed by atoms with Crippen LogP contribution in [0.4, 0.5) is 0 Å². The smallest absolute Gasteiger partial charge is 0.0713 e. The number of rotatable bonds is 4. The molecule has 0 spiro atoms. The van der Waals surface area contributed by atoms with Gasteiger partial charge in [-0.05, 0) is 160 Å². The van der Waals surface area contributed by atoms with E-state index in [-0.39, 0.29) is 5.41 Å². The van der Waals surface area contributed by atoms with E-state index in [4.69, 9.17) is 5.73 Å². The number of hydrogen-bond acceptors (Lipinski definition) is 2. The molecule has 358 valence electrons. The maximum Gasteiger partial charge on any atom is 0.0713 e. The molecule has 1 heterocycles. The van der Waals surface area contributed by atoms with E-state index in [0.29, 0.717) is 6.54 Å². The van der Waals surface area contributed by atoms with Crippen molar-refractivity contribution in [3.05, 3.63) is 289 Å². The average molecular weight is 946 g/mol. The summed E-state index contributed by atoms with van der Waals surface area (Å²) in [5.74, 6) is 0. The normalized spacial score (nSPS) is 11.8. The Morgan fingerprint density at radius 3 is 1.51 bits per heavy atom. The van der Waals surface area contributed by atoms with Gasteiger partial charge in [0.15, 0.2) is 0 Å². The van der Waals surface area contributed by atoms with Gasteiger partial charge < -0.3 is 5.73 Å². The zero-order chi connectivity index (χ0) is 50.7. The van der Waals surface area contributed by atoms with Crippen LogP contribution in [0.25, 0.3) is 38.1 Å². The second kappa shape index (κ2) is 23.7. The lowest BCUT2D eigenvalue weighted by Crippen LogP contribution is -2.28. The predicted octanol–water partition coefficient (Wildman–Crippen LogP) is 18.7. The molecule has 0 amide bonds. The van der Waals surface area contributed by atoms with Gasteiger partial charge in [-0.25, -0.2) is 0 Å². The van der Waals surface area contributed by atoms with Crippen LogP contribution in [0.3, 0.4) is 0 Å². The fourth-order valence-electron chi connectivity index (χ4n) is 9.73. The number of allylic oxidation sites excluding steroid dienone is 1. The van der Waals surface area contributed by atoms with Crippen LogP contribution < -0.4 is 5.73 Å². The Morgan fingerprint density at radius 1 is 0.437 bits per heavy atom. The number of hydrogen-bond donors (Lipinski definition) is 1. The van der Waals surface area contributed by atoms with Crippen molar-refractivity contribution >= 4 is 38.3 Å². The van der Waals surface area contributed by atoms with Crippen LogP contribution in [-0.4, -0.2) is 0 Å². The Morgan fingerprint density at radius 2 is 0.958 bits per heavy atom. The zero-order valence-corrected chi connectivity index (χ0v) is 44.6. The van der Waals surface area contributed by atoms with Crippen LogP contribution in [-0.2, 0) is 12.0 Å².